The Morgan fingerprint density at radius 1 is 1.15 bits per heavy atom. The van der Waals surface area contributed by atoms with Crippen LogP contribution in [0.1, 0.15) is 10.4 Å². The number of halogens is 2. The third kappa shape index (κ3) is 2.46. The first-order chi connectivity index (χ1) is 9.40. The van der Waals surface area contributed by atoms with Gasteiger partial charge in [0.15, 0.2) is 5.82 Å². The molecule has 0 saturated carbocycles. The van der Waals surface area contributed by atoms with Gasteiger partial charge in [-0.15, -0.1) is 0 Å². The minimum Gasteiger partial charge on any atom is -0.507 e. The van der Waals surface area contributed by atoms with Crippen LogP contribution >= 0.6 is 0 Å². The van der Waals surface area contributed by atoms with Crippen LogP contribution in [0.2, 0.25) is 0 Å². The van der Waals surface area contributed by atoms with Crippen LogP contribution in [0.3, 0.4) is 0 Å². The van der Waals surface area contributed by atoms with Gasteiger partial charge in [0.05, 0.1) is 5.69 Å². The number of carbonyl (C=O) groups is 1. The normalized spacial score (nSPS) is 10.3. The number of nitrogens with two attached hydrogens (primary N) is 1. The molecule has 104 valence electrons. The van der Waals surface area contributed by atoms with Crippen molar-refractivity contribution in [3.63, 3.8) is 0 Å². The molecule has 0 bridgehead atoms. The summed E-state index contributed by atoms with van der Waals surface area (Å²) in [5.41, 5.74) is 4.22. The van der Waals surface area contributed by atoms with Gasteiger partial charge in [-0.25, -0.2) is 8.78 Å². The van der Waals surface area contributed by atoms with Crippen LogP contribution in [0.25, 0.3) is 0 Å². The van der Waals surface area contributed by atoms with Crippen LogP contribution in [0, 0.1) is 11.6 Å². The molecule has 0 aromatic heterocycles. The average molecular weight is 280 g/mol. The van der Waals surface area contributed by atoms with Crippen molar-refractivity contribution in [1.82, 2.24) is 0 Å². The fourth-order valence-electron chi connectivity index (χ4n) is 1.66. The van der Waals surface area contributed by atoms with Crippen LogP contribution in [-0.2, 0) is 0 Å². The summed E-state index contributed by atoms with van der Waals surface area (Å²) in [6, 6.07) is 5.08. The SMILES string of the molecule is Nc1cc(F)cc(F)c1NC(=O)c1c(O)cccc1O. The van der Waals surface area contributed by atoms with E-state index in [1.165, 1.54) is 18.2 Å². The number of aromatic hydroxyl groups is 2. The molecule has 0 aliphatic heterocycles. The lowest BCUT2D eigenvalue weighted by Gasteiger charge is -2.11. The van der Waals surface area contributed by atoms with Crippen molar-refractivity contribution in [3.05, 3.63) is 47.5 Å². The molecular weight excluding hydrogens is 270 g/mol. The second-order valence-corrected chi connectivity index (χ2v) is 3.98. The maximum atomic E-state index is 13.5. The van der Waals surface area contributed by atoms with Gasteiger partial charge in [-0.1, -0.05) is 6.07 Å². The smallest absolute Gasteiger partial charge is 0.263 e. The van der Waals surface area contributed by atoms with Crippen molar-refractivity contribution in [3.8, 4) is 11.5 Å². The third-order valence-corrected chi connectivity index (χ3v) is 2.57. The van der Waals surface area contributed by atoms with Crippen molar-refractivity contribution in [2.45, 2.75) is 0 Å². The zero-order valence-electron chi connectivity index (χ0n) is 10.0. The lowest BCUT2D eigenvalue weighted by atomic mass is 10.1. The van der Waals surface area contributed by atoms with Gasteiger partial charge in [-0.3, -0.25) is 4.79 Å². The van der Waals surface area contributed by atoms with Gasteiger partial charge in [-0.05, 0) is 18.2 Å². The summed E-state index contributed by atoms with van der Waals surface area (Å²) in [6.45, 7) is 0. The molecule has 5 nitrogen and oxygen atoms in total. The number of hydrogen-bond acceptors (Lipinski definition) is 4. The summed E-state index contributed by atoms with van der Waals surface area (Å²) >= 11 is 0. The lowest BCUT2D eigenvalue weighted by molar-refractivity contribution is 0.102. The minimum absolute atomic E-state index is 0.314. The number of anilines is 2. The highest BCUT2D eigenvalue weighted by atomic mass is 19.1. The molecular formula is C13H10F2N2O3. The molecule has 0 aliphatic rings. The van der Waals surface area contributed by atoms with E-state index in [4.69, 9.17) is 5.73 Å². The number of nitrogens with one attached hydrogen (secondary N) is 1. The van der Waals surface area contributed by atoms with Crippen molar-refractivity contribution in [1.29, 1.82) is 0 Å². The molecule has 7 heteroatoms. The zero-order valence-corrected chi connectivity index (χ0v) is 10.0. The van der Waals surface area contributed by atoms with E-state index in [0.717, 1.165) is 6.07 Å². The summed E-state index contributed by atoms with van der Waals surface area (Å²) in [5.74, 6) is -3.89. The Morgan fingerprint density at radius 2 is 1.75 bits per heavy atom. The van der Waals surface area contributed by atoms with Crippen molar-refractivity contribution < 1.29 is 23.8 Å². The van der Waals surface area contributed by atoms with Gasteiger partial charge < -0.3 is 21.3 Å². The highest BCUT2D eigenvalue weighted by Gasteiger charge is 2.19. The minimum atomic E-state index is -1.06. The molecule has 2 aromatic rings. The van der Waals surface area contributed by atoms with Crippen LogP contribution < -0.4 is 11.1 Å². The quantitative estimate of drug-likeness (QED) is 0.634. The Bertz CT molecular complexity index is 646. The molecule has 2 aromatic carbocycles. The second kappa shape index (κ2) is 5.04. The predicted octanol–water partition coefficient (Wildman–Crippen LogP) is 2.21. The predicted molar refractivity (Wildman–Crippen MR) is 68.5 cm³/mol. The molecule has 0 spiro atoms. The van der Waals surface area contributed by atoms with Gasteiger partial charge in [0, 0.05) is 6.07 Å². The number of carbonyl (C=O) groups excluding carboxylic acids is 1. The molecule has 2 rings (SSSR count). The number of phenolic OH excluding ortho intramolecular Hbond substituents is 2. The number of phenols is 2. The molecule has 0 aliphatic carbocycles. The van der Waals surface area contributed by atoms with E-state index < -0.39 is 40.3 Å². The van der Waals surface area contributed by atoms with E-state index in [0.29, 0.717) is 6.07 Å². The van der Waals surface area contributed by atoms with Crippen molar-refractivity contribution in [2.75, 3.05) is 11.1 Å². The Balaban J connectivity index is 2.38. The Morgan fingerprint density at radius 3 is 2.30 bits per heavy atom. The molecule has 0 radical (unpaired) electrons. The molecule has 0 fully saturated rings. The zero-order chi connectivity index (χ0) is 14.9. The second-order valence-electron chi connectivity index (χ2n) is 3.98. The number of nitrogen functional groups attached to an aromatic ring is 1. The summed E-state index contributed by atoms with van der Waals surface area (Å²) in [7, 11) is 0. The molecule has 0 saturated heterocycles. The van der Waals surface area contributed by atoms with Gasteiger partial charge in [0.1, 0.15) is 28.6 Å². The van der Waals surface area contributed by atoms with E-state index in [1.807, 2.05) is 0 Å². The van der Waals surface area contributed by atoms with Gasteiger partial charge in [0.25, 0.3) is 5.91 Å². The lowest BCUT2D eigenvalue weighted by Crippen LogP contribution is -2.15. The largest absolute Gasteiger partial charge is 0.507 e. The topological polar surface area (TPSA) is 95.6 Å². The number of benzene rings is 2. The molecule has 0 atom stereocenters. The van der Waals surface area contributed by atoms with Gasteiger partial charge in [0.2, 0.25) is 0 Å². The first kappa shape index (κ1) is 13.6. The fourth-order valence-corrected chi connectivity index (χ4v) is 1.66. The summed E-state index contributed by atoms with van der Waals surface area (Å²) in [4.78, 5) is 11.9. The summed E-state index contributed by atoms with van der Waals surface area (Å²) in [6.07, 6.45) is 0. The Labute approximate surface area is 112 Å². The first-order valence-electron chi connectivity index (χ1n) is 5.47. The van der Waals surface area contributed by atoms with E-state index in [-0.39, 0.29) is 5.69 Å². The number of hydrogen-bond donors (Lipinski definition) is 4. The van der Waals surface area contributed by atoms with E-state index in [1.54, 1.807) is 0 Å². The van der Waals surface area contributed by atoms with Gasteiger partial charge in [-0.2, -0.15) is 0 Å². The average Bonchev–Trinajstić information content (AvgIpc) is 2.33. The van der Waals surface area contributed by atoms with Gasteiger partial charge >= 0.3 is 0 Å². The Kier molecular flexibility index (Phi) is 3.43. The highest BCUT2D eigenvalue weighted by Crippen LogP contribution is 2.29. The van der Waals surface area contributed by atoms with Crippen LogP contribution in [-0.4, -0.2) is 16.1 Å². The summed E-state index contributed by atoms with van der Waals surface area (Å²) in [5, 5.41) is 21.1. The fraction of sp³-hybridized carbons (Fsp3) is 0. The van der Waals surface area contributed by atoms with E-state index in [2.05, 4.69) is 5.32 Å². The van der Waals surface area contributed by atoms with E-state index >= 15 is 0 Å². The van der Waals surface area contributed by atoms with E-state index in [9.17, 15) is 23.8 Å². The van der Waals surface area contributed by atoms with Crippen LogP contribution in [0.4, 0.5) is 20.2 Å². The summed E-state index contributed by atoms with van der Waals surface area (Å²) < 4.78 is 26.4. The van der Waals surface area contributed by atoms with Crippen molar-refractivity contribution in [2.24, 2.45) is 0 Å². The third-order valence-electron chi connectivity index (χ3n) is 2.57. The standard InChI is InChI=1S/C13H10F2N2O3/c14-6-4-7(15)12(8(16)5-6)17-13(20)11-9(18)2-1-3-10(11)19/h1-5,18-19H,16H2,(H,17,20). The van der Waals surface area contributed by atoms with Crippen LogP contribution in [0.5, 0.6) is 11.5 Å². The monoisotopic (exact) mass is 280 g/mol. The maximum Gasteiger partial charge on any atom is 0.263 e. The van der Waals surface area contributed by atoms with Crippen LogP contribution in [0.15, 0.2) is 30.3 Å². The molecule has 0 unspecified atom stereocenters. The molecule has 5 N–H and O–H groups in total. The molecule has 1 amide bonds. The maximum absolute atomic E-state index is 13.5. The molecule has 0 heterocycles. The molecule has 20 heavy (non-hydrogen) atoms. The highest BCUT2D eigenvalue weighted by molar-refractivity contribution is 6.09. The Hall–Kier alpha value is -2.83. The first-order valence-corrected chi connectivity index (χ1v) is 5.47. The number of amides is 1. The van der Waals surface area contributed by atoms with Crippen molar-refractivity contribution >= 4 is 17.3 Å². The number of rotatable bonds is 2.